The highest BCUT2D eigenvalue weighted by Crippen LogP contribution is 2.38. The van der Waals surface area contributed by atoms with Gasteiger partial charge in [0.1, 0.15) is 19.5 Å². The zero-order valence-corrected chi connectivity index (χ0v) is 17.4. The summed E-state index contributed by atoms with van der Waals surface area (Å²) >= 11 is 4.78. The predicted octanol–water partition coefficient (Wildman–Crippen LogP) is 3.84. The highest BCUT2D eigenvalue weighted by Gasteiger charge is 2.17. The number of carbonyl (C=O) groups excluding carboxylic acids is 1. The molecule has 0 radical (unpaired) electrons. The molecule has 0 fully saturated rings. The number of anilines is 1. The standard InChI is InChI=1S/C19H17BrN4O3S/c1-12-2-4-13(5-3-12)24-11-21-23-19(24)28-10-18(25)22-15-9-17-16(8-14(15)20)26-6-7-27-17/h2-5,8-9,11H,6-7,10H2,1H3,(H,22,25). The Morgan fingerprint density at radius 2 is 1.93 bits per heavy atom. The number of thioether (sulfide) groups is 1. The Kier molecular flexibility index (Phi) is 5.54. The third-order valence-corrected chi connectivity index (χ3v) is 5.67. The fraction of sp³-hybridized carbons (Fsp3) is 0.211. The molecule has 3 aromatic rings. The first-order valence-corrected chi connectivity index (χ1v) is 10.4. The van der Waals surface area contributed by atoms with Crippen LogP contribution >= 0.6 is 27.7 Å². The summed E-state index contributed by atoms with van der Waals surface area (Å²) in [5, 5.41) is 11.6. The van der Waals surface area contributed by atoms with Crippen LogP contribution in [-0.2, 0) is 4.79 Å². The molecule has 7 nitrogen and oxygen atoms in total. The van der Waals surface area contributed by atoms with E-state index in [-0.39, 0.29) is 11.7 Å². The van der Waals surface area contributed by atoms with E-state index in [1.54, 1.807) is 18.5 Å². The lowest BCUT2D eigenvalue weighted by Crippen LogP contribution is -2.17. The number of aryl methyl sites for hydroxylation is 1. The fourth-order valence-corrected chi connectivity index (χ4v) is 3.83. The lowest BCUT2D eigenvalue weighted by molar-refractivity contribution is -0.113. The van der Waals surface area contributed by atoms with Crippen molar-refractivity contribution in [1.82, 2.24) is 14.8 Å². The van der Waals surface area contributed by atoms with E-state index < -0.39 is 0 Å². The Morgan fingerprint density at radius 3 is 2.68 bits per heavy atom. The number of carbonyl (C=O) groups is 1. The van der Waals surface area contributed by atoms with Gasteiger partial charge in [0.05, 0.1) is 11.4 Å². The Labute approximate surface area is 174 Å². The molecule has 0 saturated heterocycles. The Hall–Kier alpha value is -2.52. The van der Waals surface area contributed by atoms with Crippen molar-refractivity contribution in [2.75, 3.05) is 24.3 Å². The molecule has 0 saturated carbocycles. The van der Waals surface area contributed by atoms with Crippen LogP contribution in [0, 0.1) is 6.92 Å². The highest BCUT2D eigenvalue weighted by molar-refractivity contribution is 9.10. The second kappa shape index (κ2) is 8.24. The lowest BCUT2D eigenvalue weighted by atomic mass is 10.2. The first-order valence-electron chi connectivity index (χ1n) is 8.59. The van der Waals surface area contributed by atoms with E-state index in [1.165, 1.54) is 17.3 Å². The molecule has 9 heteroatoms. The number of nitrogens with zero attached hydrogens (tertiary/aromatic N) is 3. The third-order valence-electron chi connectivity index (χ3n) is 4.07. The number of ether oxygens (including phenoxy) is 2. The largest absolute Gasteiger partial charge is 0.486 e. The van der Waals surface area contributed by atoms with Crippen LogP contribution in [0.2, 0.25) is 0 Å². The summed E-state index contributed by atoms with van der Waals surface area (Å²) in [4.78, 5) is 12.4. The summed E-state index contributed by atoms with van der Waals surface area (Å²) < 4.78 is 13.7. The molecule has 1 aliphatic heterocycles. The van der Waals surface area contributed by atoms with Gasteiger partial charge >= 0.3 is 0 Å². The van der Waals surface area contributed by atoms with Gasteiger partial charge in [0.15, 0.2) is 16.7 Å². The Morgan fingerprint density at radius 1 is 1.21 bits per heavy atom. The van der Waals surface area contributed by atoms with Gasteiger partial charge in [-0.1, -0.05) is 29.5 Å². The molecule has 0 unspecified atom stereocenters. The molecule has 144 valence electrons. The topological polar surface area (TPSA) is 78.3 Å². The molecule has 1 N–H and O–H groups in total. The lowest BCUT2D eigenvalue weighted by Gasteiger charge is -2.20. The SMILES string of the molecule is Cc1ccc(-n2cnnc2SCC(=O)Nc2cc3c(cc2Br)OCCO3)cc1. The quantitative estimate of drug-likeness (QED) is 0.582. The van der Waals surface area contributed by atoms with Crippen molar-refractivity contribution in [3.05, 3.63) is 52.8 Å². The van der Waals surface area contributed by atoms with Crippen molar-refractivity contribution >= 4 is 39.3 Å². The number of hydrogen-bond acceptors (Lipinski definition) is 6. The van der Waals surface area contributed by atoms with Crippen molar-refractivity contribution in [3.63, 3.8) is 0 Å². The second-order valence-corrected chi connectivity index (χ2v) is 7.93. The minimum Gasteiger partial charge on any atom is -0.486 e. The summed E-state index contributed by atoms with van der Waals surface area (Å²) in [6.45, 7) is 3.04. The van der Waals surface area contributed by atoms with Gasteiger partial charge in [0, 0.05) is 22.3 Å². The number of aromatic nitrogens is 3. The van der Waals surface area contributed by atoms with E-state index in [1.807, 2.05) is 35.8 Å². The van der Waals surface area contributed by atoms with Crippen LogP contribution in [0.5, 0.6) is 11.5 Å². The zero-order valence-electron chi connectivity index (χ0n) is 15.0. The van der Waals surface area contributed by atoms with Gasteiger partial charge in [-0.05, 0) is 35.0 Å². The van der Waals surface area contributed by atoms with E-state index in [0.29, 0.717) is 35.6 Å². The molecule has 0 spiro atoms. The van der Waals surface area contributed by atoms with Crippen LogP contribution in [0.25, 0.3) is 5.69 Å². The van der Waals surface area contributed by atoms with Gasteiger partial charge in [0.2, 0.25) is 5.91 Å². The summed E-state index contributed by atoms with van der Waals surface area (Å²) in [6.07, 6.45) is 1.64. The maximum atomic E-state index is 12.4. The molecule has 2 aromatic carbocycles. The van der Waals surface area contributed by atoms with Crippen molar-refractivity contribution in [2.45, 2.75) is 12.1 Å². The van der Waals surface area contributed by atoms with Crippen molar-refractivity contribution < 1.29 is 14.3 Å². The normalized spacial score (nSPS) is 12.6. The minimum absolute atomic E-state index is 0.152. The molecular weight excluding hydrogens is 444 g/mol. The van der Waals surface area contributed by atoms with Gasteiger partial charge in [-0.3, -0.25) is 9.36 Å². The third kappa shape index (κ3) is 4.15. The molecule has 1 aromatic heterocycles. The van der Waals surface area contributed by atoms with Gasteiger partial charge in [0.25, 0.3) is 0 Å². The average Bonchev–Trinajstić information content (AvgIpc) is 3.16. The number of hydrogen-bond donors (Lipinski definition) is 1. The van der Waals surface area contributed by atoms with Crippen LogP contribution in [0.15, 0.2) is 52.4 Å². The Bertz CT molecular complexity index is 1010. The smallest absolute Gasteiger partial charge is 0.234 e. The zero-order chi connectivity index (χ0) is 19.5. The molecule has 0 bridgehead atoms. The van der Waals surface area contributed by atoms with E-state index in [9.17, 15) is 4.79 Å². The van der Waals surface area contributed by atoms with Gasteiger partial charge < -0.3 is 14.8 Å². The van der Waals surface area contributed by atoms with E-state index in [0.717, 1.165) is 10.2 Å². The Balaban J connectivity index is 1.42. The molecule has 0 aliphatic carbocycles. The number of halogens is 1. The summed E-state index contributed by atoms with van der Waals surface area (Å²) in [5.41, 5.74) is 2.76. The van der Waals surface area contributed by atoms with E-state index in [2.05, 4.69) is 31.4 Å². The molecule has 1 aliphatic rings. The van der Waals surface area contributed by atoms with Crippen LogP contribution in [-0.4, -0.2) is 39.6 Å². The van der Waals surface area contributed by atoms with Gasteiger partial charge in [-0.2, -0.15) is 0 Å². The van der Waals surface area contributed by atoms with Crippen LogP contribution in [0.1, 0.15) is 5.56 Å². The summed E-state index contributed by atoms with van der Waals surface area (Å²) in [6, 6.07) is 11.6. The fourth-order valence-electron chi connectivity index (χ4n) is 2.68. The van der Waals surface area contributed by atoms with E-state index >= 15 is 0 Å². The molecule has 1 amide bonds. The monoisotopic (exact) mass is 460 g/mol. The van der Waals surface area contributed by atoms with Crippen molar-refractivity contribution in [3.8, 4) is 17.2 Å². The maximum absolute atomic E-state index is 12.4. The second-order valence-electron chi connectivity index (χ2n) is 6.13. The number of fused-ring (bicyclic) bond motifs is 1. The van der Waals surface area contributed by atoms with Gasteiger partial charge in [-0.15, -0.1) is 10.2 Å². The van der Waals surface area contributed by atoms with Crippen LogP contribution in [0.4, 0.5) is 5.69 Å². The minimum atomic E-state index is -0.152. The first-order chi connectivity index (χ1) is 13.6. The van der Waals surface area contributed by atoms with Crippen LogP contribution in [0.3, 0.4) is 0 Å². The molecular formula is C19H17BrN4O3S. The van der Waals surface area contributed by atoms with Crippen molar-refractivity contribution in [1.29, 1.82) is 0 Å². The first kappa shape index (κ1) is 18.8. The summed E-state index contributed by atoms with van der Waals surface area (Å²) in [7, 11) is 0. The number of benzene rings is 2. The van der Waals surface area contributed by atoms with E-state index in [4.69, 9.17) is 9.47 Å². The maximum Gasteiger partial charge on any atom is 0.234 e. The predicted molar refractivity (Wildman–Crippen MR) is 111 cm³/mol. The summed E-state index contributed by atoms with van der Waals surface area (Å²) in [5.74, 6) is 1.33. The molecule has 4 rings (SSSR count). The number of amides is 1. The molecule has 2 heterocycles. The average molecular weight is 461 g/mol. The highest BCUT2D eigenvalue weighted by atomic mass is 79.9. The molecule has 28 heavy (non-hydrogen) atoms. The van der Waals surface area contributed by atoms with Crippen LogP contribution < -0.4 is 14.8 Å². The van der Waals surface area contributed by atoms with Crippen molar-refractivity contribution in [2.24, 2.45) is 0 Å². The molecule has 0 atom stereocenters. The van der Waals surface area contributed by atoms with Gasteiger partial charge in [-0.25, -0.2) is 0 Å². The number of rotatable bonds is 5. The number of nitrogens with one attached hydrogen (secondary N) is 1.